The molecule has 1 saturated heterocycles. The van der Waals surface area contributed by atoms with Crippen molar-refractivity contribution < 1.29 is 9.53 Å². The quantitative estimate of drug-likeness (QED) is 0.752. The van der Waals surface area contributed by atoms with Gasteiger partial charge in [-0.1, -0.05) is 6.07 Å². The van der Waals surface area contributed by atoms with Crippen molar-refractivity contribution in [2.24, 2.45) is 0 Å². The lowest BCUT2D eigenvalue weighted by molar-refractivity contribution is -0.121. The van der Waals surface area contributed by atoms with Gasteiger partial charge in [0.2, 0.25) is 5.88 Å². The number of nitrogens with zero attached hydrogens (tertiary/aromatic N) is 5. The van der Waals surface area contributed by atoms with Crippen LogP contribution in [0, 0.1) is 11.5 Å². The summed E-state index contributed by atoms with van der Waals surface area (Å²) in [5, 5.41) is 11.6. The Balaban J connectivity index is 1.77. The van der Waals surface area contributed by atoms with E-state index in [1.165, 1.54) is 16.2 Å². The van der Waals surface area contributed by atoms with Crippen LogP contribution in [0.1, 0.15) is 26.7 Å². The topological polar surface area (TPSA) is 82.4 Å². The number of ether oxygens (including phenoxy) is 1. The summed E-state index contributed by atoms with van der Waals surface area (Å²) >= 11 is 1.38. The Hall–Kier alpha value is -2.66. The molecule has 136 valence electrons. The second-order valence-electron chi connectivity index (χ2n) is 6.39. The third-order valence-corrected chi connectivity index (χ3v) is 5.04. The van der Waals surface area contributed by atoms with E-state index < -0.39 is 6.04 Å². The normalized spacial score (nSPS) is 16.6. The maximum Gasteiger partial charge on any atom is 0.251 e. The molecule has 1 amide bonds. The molecule has 3 rings (SSSR count). The van der Waals surface area contributed by atoms with E-state index in [-0.39, 0.29) is 12.0 Å². The predicted molar refractivity (Wildman–Crippen MR) is 99.9 cm³/mol. The zero-order valence-electron chi connectivity index (χ0n) is 15.0. The van der Waals surface area contributed by atoms with E-state index >= 15 is 0 Å². The fourth-order valence-electron chi connectivity index (χ4n) is 2.86. The average Bonchev–Trinajstić information content (AvgIpc) is 3.29. The molecule has 0 aliphatic carbocycles. The van der Waals surface area contributed by atoms with Crippen molar-refractivity contribution in [3.8, 4) is 23.5 Å². The number of thiazole rings is 1. The highest BCUT2D eigenvalue weighted by molar-refractivity contribution is 7.14. The summed E-state index contributed by atoms with van der Waals surface area (Å²) < 4.78 is 5.62. The first kappa shape index (κ1) is 18.1. The lowest BCUT2D eigenvalue weighted by Crippen LogP contribution is -2.42. The highest BCUT2D eigenvalue weighted by Gasteiger charge is 2.33. The van der Waals surface area contributed by atoms with Crippen LogP contribution in [0.3, 0.4) is 0 Å². The van der Waals surface area contributed by atoms with E-state index in [4.69, 9.17) is 10.00 Å². The number of likely N-dealkylation sites (tertiary alicyclic amines) is 1. The number of hydrogen-bond acceptors (Lipinski definition) is 7. The molecule has 0 N–H and O–H groups in total. The van der Waals surface area contributed by atoms with Gasteiger partial charge >= 0.3 is 0 Å². The highest BCUT2D eigenvalue weighted by atomic mass is 32.1. The minimum absolute atomic E-state index is 0.0435. The van der Waals surface area contributed by atoms with E-state index in [0.717, 1.165) is 6.42 Å². The molecule has 1 aliphatic heterocycles. The number of nitriles is 1. The summed E-state index contributed by atoms with van der Waals surface area (Å²) in [5.41, 5.74) is 1.40. The molecule has 26 heavy (non-hydrogen) atoms. The van der Waals surface area contributed by atoms with Crippen LogP contribution in [0.25, 0.3) is 11.4 Å². The van der Waals surface area contributed by atoms with Gasteiger partial charge in [-0.3, -0.25) is 14.6 Å². The summed E-state index contributed by atoms with van der Waals surface area (Å²) in [7, 11) is 1.70. The molecule has 2 aromatic heterocycles. The van der Waals surface area contributed by atoms with Crippen molar-refractivity contribution in [2.75, 3.05) is 18.5 Å². The van der Waals surface area contributed by atoms with E-state index in [9.17, 15) is 4.79 Å². The van der Waals surface area contributed by atoms with E-state index in [1.54, 1.807) is 11.9 Å². The number of rotatable bonds is 5. The summed E-state index contributed by atoms with van der Waals surface area (Å²) in [4.78, 5) is 24.8. The minimum Gasteiger partial charge on any atom is -0.475 e. The summed E-state index contributed by atoms with van der Waals surface area (Å²) in [5.74, 6) is 0.446. The van der Waals surface area contributed by atoms with Gasteiger partial charge in [-0.25, -0.2) is 9.97 Å². The number of carbonyl (C=O) groups is 1. The number of likely N-dealkylation sites (N-methyl/N-ethyl adjacent to an activating group) is 1. The Morgan fingerprint density at radius 3 is 2.96 bits per heavy atom. The third-order valence-electron chi connectivity index (χ3n) is 4.12. The van der Waals surface area contributed by atoms with E-state index in [1.807, 2.05) is 37.4 Å². The lowest BCUT2D eigenvalue weighted by Gasteiger charge is -2.22. The van der Waals surface area contributed by atoms with Gasteiger partial charge in [0, 0.05) is 25.0 Å². The molecule has 1 aliphatic rings. The third kappa shape index (κ3) is 3.78. The van der Waals surface area contributed by atoms with Crippen LogP contribution in [0.5, 0.6) is 5.88 Å². The molecule has 1 atom stereocenters. The molecule has 3 heterocycles. The van der Waals surface area contributed by atoms with E-state index in [0.29, 0.717) is 35.4 Å². The Kier molecular flexibility index (Phi) is 5.38. The molecular formula is C18H21N5O2S. The number of carbonyl (C=O) groups excluding carboxylic acids is 1. The van der Waals surface area contributed by atoms with E-state index in [2.05, 4.69) is 16.2 Å². The Morgan fingerprint density at radius 1 is 1.42 bits per heavy atom. The zero-order chi connectivity index (χ0) is 18.7. The summed E-state index contributed by atoms with van der Waals surface area (Å²) in [6.45, 7) is 4.53. The highest BCUT2D eigenvalue weighted by Crippen LogP contribution is 2.28. The molecule has 0 aromatic carbocycles. The molecule has 0 radical (unpaired) electrons. The van der Waals surface area contributed by atoms with Crippen LogP contribution >= 0.6 is 11.3 Å². The maximum absolute atomic E-state index is 12.7. The number of amides is 1. The first-order valence-electron chi connectivity index (χ1n) is 8.53. The van der Waals surface area contributed by atoms with Crippen LogP contribution in [-0.2, 0) is 4.79 Å². The SMILES string of the molecule is CC(C)Oc1cccc(-c2csc(N(C)C(=O)[C@@H]3CCCN3C#N)n2)n1. The van der Waals surface area contributed by atoms with Gasteiger partial charge in [0.1, 0.15) is 11.7 Å². The largest absolute Gasteiger partial charge is 0.475 e. The zero-order valence-corrected chi connectivity index (χ0v) is 15.9. The van der Waals surface area contributed by atoms with Crippen LogP contribution in [0.4, 0.5) is 5.13 Å². The molecule has 8 heteroatoms. The predicted octanol–water partition coefficient (Wildman–Crippen LogP) is 2.90. The van der Waals surface area contributed by atoms with Gasteiger partial charge in [-0.05, 0) is 32.8 Å². The fourth-order valence-corrected chi connectivity index (χ4v) is 3.65. The molecule has 0 spiro atoms. The Bertz CT molecular complexity index is 829. The number of hydrogen-bond donors (Lipinski definition) is 0. The first-order valence-corrected chi connectivity index (χ1v) is 9.41. The molecule has 0 saturated carbocycles. The number of anilines is 1. The van der Waals surface area contributed by atoms with Crippen molar-refractivity contribution in [1.29, 1.82) is 5.26 Å². The number of pyridine rings is 1. The minimum atomic E-state index is -0.391. The van der Waals surface area contributed by atoms with Gasteiger partial charge in [-0.2, -0.15) is 5.26 Å². The van der Waals surface area contributed by atoms with Gasteiger partial charge in [0.15, 0.2) is 11.3 Å². The van der Waals surface area contributed by atoms with Crippen LogP contribution in [-0.4, -0.2) is 46.5 Å². The van der Waals surface area contributed by atoms with Crippen molar-refractivity contribution in [2.45, 2.75) is 38.8 Å². The Labute approximate surface area is 156 Å². The monoisotopic (exact) mass is 371 g/mol. The summed E-state index contributed by atoms with van der Waals surface area (Å²) in [6.07, 6.45) is 3.70. The van der Waals surface area contributed by atoms with Gasteiger partial charge in [0.25, 0.3) is 5.91 Å². The van der Waals surface area contributed by atoms with Crippen LogP contribution < -0.4 is 9.64 Å². The van der Waals surface area contributed by atoms with Gasteiger partial charge in [0.05, 0.1) is 11.8 Å². The van der Waals surface area contributed by atoms with Crippen molar-refractivity contribution in [1.82, 2.24) is 14.9 Å². The Morgan fingerprint density at radius 2 is 2.23 bits per heavy atom. The molecular weight excluding hydrogens is 350 g/mol. The molecule has 7 nitrogen and oxygen atoms in total. The number of aromatic nitrogens is 2. The molecule has 0 unspecified atom stereocenters. The smallest absolute Gasteiger partial charge is 0.251 e. The second-order valence-corrected chi connectivity index (χ2v) is 7.23. The van der Waals surface area contributed by atoms with Gasteiger partial charge in [-0.15, -0.1) is 11.3 Å². The van der Waals surface area contributed by atoms with Crippen molar-refractivity contribution >= 4 is 22.4 Å². The molecule has 0 bridgehead atoms. The lowest BCUT2D eigenvalue weighted by atomic mass is 10.2. The van der Waals surface area contributed by atoms with Crippen LogP contribution in [0.2, 0.25) is 0 Å². The maximum atomic E-state index is 12.7. The van der Waals surface area contributed by atoms with Crippen LogP contribution in [0.15, 0.2) is 23.6 Å². The standard InChI is InChI=1S/C18H21N5O2S/c1-12(2)25-16-8-4-6-13(20-16)14-10-26-18(21-14)22(3)17(24)15-7-5-9-23(15)11-19/h4,6,8,10,12,15H,5,7,9H2,1-3H3/t15-/m0/s1. The second kappa shape index (κ2) is 7.70. The molecule has 1 fully saturated rings. The van der Waals surface area contributed by atoms with Gasteiger partial charge < -0.3 is 4.74 Å². The van der Waals surface area contributed by atoms with Crippen molar-refractivity contribution in [3.05, 3.63) is 23.6 Å². The average molecular weight is 371 g/mol. The first-order chi connectivity index (χ1) is 12.5. The summed E-state index contributed by atoms with van der Waals surface area (Å²) in [6, 6.07) is 5.15. The fraction of sp³-hybridized carbons (Fsp3) is 0.444. The van der Waals surface area contributed by atoms with Crippen molar-refractivity contribution in [3.63, 3.8) is 0 Å². The molecule has 2 aromatic rings.